The van der Waals surface area contributed by atoms with Gasteiger partial charge in [0.2, 0.25) is 0 Å². The van der Waals surface area contributed by atoms with Gasteiger partial charge in [0.05, 0.1) is 32.0 Å². The summed E-state index contributed by atoms with van der Waals surface area (Å²) in [5.74, 6) is -0.438. The zero-order valence-electron chi connectivity index (χ0n) is 19.0. The maximum Gasteiger partial charge on any atom is 0.416 e. The maximum absolute atomic E-state index is 12.8. The van der Waals surface area contributed by atoms with Gasteiger partial charge in [-0.2, -0.15) is 13.2 Å². The van der Waals surface area contributed by atoms with Crippen molar-refractivity contribution in [2.24, 2.45) is 5.92 Å². The van der Waals surface area contributed by atoms with Crippen molar-refractivity contribution >= 4 is 11.9 Å². The van der Waals surface area contributed by atoms with Crippen molar-refractivity contribution in [1.29, 1.82) is 0 Å². The Morgan fingerprint density at radius 2 is 1.64 bits per heavy atom. The zero-order valence-corrected chi connectivity index (χ0v) is 19.0. The second kappa shape index (κ2) is 11.7. The molecule has 180 valence electrons. The molecule has 0 radical (unpaired) electrons. The Balaban J connectivity index is 2.13. The average Bonchev–Trinajstić information content (AvgIpc) is 2.79. The summed E-state index contributed by atoms with van der Waals surface area (Å²) in [6.45, 7) is 4.32. The highest BCUT2D eigenvalue weighted by Gasteiger charge is 2.30. The molecule has 2 aromatic rings. The van der Waals surface area contributed by atoms with Crippen LogP contribution in [0.2, 0.25) is 0 Å². The number of methoxy groups -OCH3 is 2. The third-order valence-electron chi connectivity index (χ3n) is 4.76. The lowest BCUT2D eigenvalue weighted by atomic mass is 10.0. The number of carbonyl (C=O) groups excluding carboxylic acids is 2. The summed E-state index contributed by atoms with van der Waals surface area (Å²) in [6.07, 6.45) is -5.05. The Hall–Kier alpha value is -3.07. The monoisotopic (exact) mass is 467 g/mol. The van der Waals surface area contributed by atoms with Gasteiger partial charge in [-0.1, -0.05) is 32.0 Å². The number of ether oxygens (including phenoxy) is 3. The van der Waals surface area contributed by atoms with Crippen LogP contribution in [0.15, 0.2) is 42.5 Å². The number of hydrogen-bond donors (Lipinski definition) is 1. The molecule has 0 saturated heterocycles. The first-order chi connectivity index (χ1) is 15.5. The molecule has 1 atom stereocenters. The molecule has 1 amide bonds. The van der Waals surface area contributed by atoms with Gasteiger partial charge in [-0.15, -0.1) is 0 Å². The molecule has 0 aliphatic rings. The highest BCUT2D eigenvalue weighted by atomic mass is 19.4. The van der Waals surface area contributed by atoms with E-state index in [-0.39, 0.29) is 24.4 Å². The minimum atomic E-state index is -4.42. The molecule has 2 aromatic carbocycles. The average molecular weight is 467 g/mol. The molecule has 0 saturated carbocycles. The highest BCUT2D eigenvalue weighted by Crippen LogP contribution is 2.29. The van der Waals surface area contributed by atoms with E-state index in [1.54, 1.807) is 18.2 Å². The number of hydrogen-bond acceptors (Lipinski definition) is 5. The SMILES string of the molecule is COC(=O)C(Cc1ccc(OC)c(C(=O)NCc2ccc(C(F)(F)F)cc2)c1)OCC(C)C. The maximum atomic E-state index is 12.8. The van der Waals surface area contributed by atoms with Crippen molar-refractivity contribution in [3.63, 3.8) is 0 Å². The van der Waals surface area contributed by atoms with Gasteiger partial charge in [0.25, 0.3) is 5.91 Å². The predicted octanol–water partition coefficient (Wildman–Crippen LogP) is 4.40. The van der Waals surface area contributed by atoms with Crippen molar-refractivity contribution in [2.75, 3.05) is 20.8 Å². The molecule has 1 N–H and O–H groups in total. The third-order valence-corrected chi connectivity index (χ3v) is 4.76. The van der Waals surface area contributed by atoms with E-state index >= 15 is 0 Å². The van der Waals surface area contributed by atoms with E-state index < -0.39 is 29.7 Å². The van der Waals surface area contributed by atoms with E-state index in [0.29, 0.717) is 23.5 Å². The van der Waals surface area contributed by atoms with Gasteiger partial charge in [-0.05, 0) is 41.3 Å². The Bertz CT molecular complexity index is 942. The van der Waals surface area contributed by atoms with Gasteiger partial charge in [0.1, 0.15) is 5.75 Å². The number of carbonyl (C=O) groups is 2. The Morgan fingerprint density at radius 3 is 2.18 bits per heavy atom. The summed E-state index contributed by atoms with van der Waals surface area (Å²) < 4.78 is 53.9. The number of rotatable bonds is 10. The largest absolute Gasteiger partial charge is 0.496 e. The van der Waals surface area contributed by atoms with Crippen LogP contribution < -0.4 is 10.1 Å². The Morgan fingerprint density at radius 1 is 1.00 bits per heavy atom. The van der Waals surface area contributed by atoms with Crippen LogP contribution in [-0.4, -0.2) is 38.8 Å². The summed E-state index contributed by atoms with van der Waals surface area (Å²) in [5.41, 5.74) is 0.648. The first-order valence-electron chi connectivity index (χ1n) is 10.4. The number of halogens is 3. The molecule has 0 spiro atoms. The highest BCUT2D eigenvalue weighted by molar-refractivity contribution is 5.97. The number of amides is 1. The van der Waals surface area contributed by atoms with Crippen LogP contribution >= 0.6 is 0 Å². The number of esters is 1. The Labute approximate surface area is 191 Å². The summed E-state index contributed by atoms with van der Waals surface area (Å²) in [5, 5.41) is 2.68. The molecule has 0 aliphatic heterocycles. The van der Waals surface area contributed by atoms with Crippen LogP contribution in [0.5, 0.6) is 5.75 Å². The van der Waals surface area contributed by atoms with E-state index in [1.165, 1.54) is 26.4 Å². The molecule has 2 rings (SSSR count). The van der Waals surface area contributed by atoms with Crippen LogP contribution in [0.25, 0.3) is 0 Å². The molecule has 33 heavy (non-hydrogen) atoms. The topological polar surface area (TPSA) is 73.9 Å². The second-order valence-electron chi connectivity index (χ2n) is 7.86. The first-order valence-corrected chi connectivity index (χ1v) is 10.4. The second-order valence-corrected chi connectivity index (χ2v) is 7.86. The standard InChI is InChI=1S/C24H28F3NO5/c1-15(2)14-33-21(23(30)32-4)12-17-7-10-20(31-3)19(11-17)22(29)28-13-16-5-8-18(9-6-16)24(25,26)27/h5-11,15,21H,12-14H2,1-4H3,(H,28,29). The molecule has 1 unspecified atom stereocenters. The molecule has 0 fully saturated rings. The van der Waals surface area contributed by atoms with Crippen molar-refractivity contribution < 1.29 is 37.0 Å². The molecule has 0 aliphatic carbocycles. The summed E-state index contributed by atoms with van der Waals surface area (Å²) in [6, 6.07) is 9.47. The quantitative estimate of drug-likeness (QED) is 0.525. The van der Waals surface area contributed by atoms with Crippen molar-refractivity contribution in [3.8, 4) is 5.75 Å². The lowest BCUT2D eigenvalue weighted by Gasteiger charge is -2.18. The summed E-state index contributed by atoms with van der Waals surface area (Å²) >= 11 is 0. The summed E-state index contributed by atoms with van der Waals surface area (Å²) in [4.78, 5) is 24.9. The minimum Gasteiger partial charge on any atom is -0.496 e. The fourth-order valence-corrected chi connectivity index (χ4v) is 3.01. The van der Waals surface area contributed by atoms with Gasteiger partial charge < -0.3 is 19.5 Å². The van der Waals surface area contributed by atoms with E-state index in [2.05, 4.69) is 5.32 Å². The van der Waals surface area contributed by atoms with E-state index in [0.717, 1.165) is 12.1 Å². The molecule has 0 aromatic heterocycles. The molecule has 0 bridgehead atoms. The molecule has 9 heteroatoms. The smallest absolute Gasteiger partial charge is 0.416 e. The molecule has 6 nitrogen and oxygen atoms in total. The van der Waals surface area contributed by atoms with Gasteiger partial charge in [-0.3, -0.25) is 4.79 Å². The lowest BCUT2D eigenvalue weighted by molar-refractivity contribution is -0.154. The van der Waals surface area contributed by atoms with Crippen LogP contribution in [0.3, 0.4) is 0 Å². The molecular weight excluding hydrogens is 439 g/mol. The predicted molar refractivity (Wildman–Crippen MR) is 116 cm³/mol. The van der Waals surface area contributed by atoms with E-state index in [9.17, 15) is 22.8 Å². The number of benzene rings is 2. The van der Waals surface area contributed by atoms with Crippen LogP contribution in [0, 0.1) is 5.92 Å². The molecular formula is C24H28F3NO5. The van der Waals surface area contributed by atoms with Crippen molar-refractivity contribution in [1.82, 2.24) is 5.32 Å². The van der Waals surface area contributed by atoms with Gasteiger partial charge >= 0.3 is 12.1 Å². The normalized spacial score (nSPS) is 12.4. The van der Waals surface area contributed by atoms with Gasteiger partial charge in [0.15, 0.2) is 6.10 Å². The third kappa shape index (κ3) is 7.78. The fraction of sp³-hybridized carbons (Fsp3) is 0.417. The van der Waals surface area contributed by atoms with Crippen molar-refractivity contribution in [2.45, 2.75) is 39.1 Å². The zero-order chi connectivity index (χ0) is 24.6. The van der Waals surface area contributed by atoms with E-state index in [4.69, 9.17) is 14.2 Å². The van der Waals surface area contributed by atoms with Crippen LogP contribution in [-0.2, 0) is 33.4 Å². The number of alkyl halides is 3. The van der Waals surface area contributed by atoms with Crippen molar-refractivity contribution in [3.05, 3.63) is 64.7 Å². The van der Waals surface area contributed by atoms with Crippen LogP contribution in [0.1, 0.15) is 40.9 Å². The van der Waals surface area contributed by atoms with Crippen LogP contribution in [0.4, 0.5) is 13.2 Å². The fourth-order valence-electron chi connectivity index (χ4n) is 3.01. The first kappa shape index (κ1) is 26.2. The molecule has 0 heterocycles. The summed E-state index contributed by atoms with van der Waals surface area (Å²) in [7, 11) is 2.70. The Kier molecular flexibility index (Phi) is 9.28. The van der Waals surface area contributed by atoms with Gasteiger partial charge in [0, 0.05) is 13.0 Å². The minimum absolute atomic E-state index is 0.0344. The van der Waals surface area contributed by atoms with E-state index in [1.807, 2.05) is 13.8 Å². The van der Waals surface area contributed by atoms with Gasteiger partial charge in [-0.25, -0.2) is 4.79 Å². The number of nitrogens with one attached hydrogen (secondary N) is 1. The lowest BCUT2D eigenvalue weighted by Crippen LogP contribution is -2.29.